The molecule has 1 unspecified atom stereocenters. The SMILES string of the molecule is CC1(C)C(CS(=O)(=O)F)CCN1C(=O)OCc1ccccc1. The lowest BCUT2D eigenvalue weighted by atomic mass is 9.90. The van der Waals surface area contributed by atoms with E-state index in [1.54, 1.807) is 13.8 Å². The highest BCUT2D eigenvalue weighted by molar-refractivity contribution is 7.86. The number of carbonyl (C=O) groups is 1. The first-order chi connectivity index (χ1) is 10.2. The summed E-state index contributed by atoms with van der Waals surface area (Å²) in [5.41, 5.74) is 0.114. The van der Waals surface area contributed by atoms with Crippen LogP contribution in [0.25, 0.3) is 0 Å². The van der Waals surface area contributed by atoms with Gasteiger partial charge in [0, 0.05) is 12.1 Å². The minimum absolute atomic E-state index is 0.151. The molecule has 0 aliphatic carbocycles. The normalized spacial score (nSPS) is 20.9. The first kappa shape index (κ1) is 16.7. The quantitative estimate of drug-likeness (QED) is 0.797. The Morgan fingerprint density at radius 2 is 2.00 bits per heavy atom. The lowest BCUT2D eigenvalue weighted by Gasteiger charge is -2.34. The first-order valence-corrected chi connectivity index (χ1v) is 8.66. The minimum atomic E-state index is -4.56. The molecule has 0 aromatic heterocycles. The third-order valence-corrected chi connectivity index (χ3v) is 5.02. The Bertz CT molecular complexity index is 630. The Morgan fingerprint density at radius 3 is 2.59 bits per heavy atom. The topological polar surface area (TPSA) is 63.7 Å². The van der Waals surface area contributed by atoms with Crippen LogP contribution >= 0.6 is 0 Å². The van der Waals surface area contributed by atoms with Crippen molar-refractivity contribution in [3.63, 3.8) is 0 Å². The maximum Gasteiger partial charge on any atom is 0.410 e. The van der Waals surface area contributed by atoms with Gasteiger partial charge in [-0.05, 0) is 31.7 Å². The van der Waals surface area contributed by atoms with Gasteiger partial charge in [-0.1, -0.05) is 30.3 Å². The lowest BCUT2D eigenvalue weighted by Crippen LogP contribution is -2.47. The molecular formula is C15H20FNO4S. The predicted molar refractivity (Wildman–Crippen MR) is 80.4 cm³/mol. The molecule has 22 heavy (non-hydrogen) atoms. The zero-order chi connectivity index (χ0) is 16.4. The van der Waals surface area contributed by atoms with Crippen LogP contribution in [0.5, 0.6) is 0 Å². The molecule has 1 heterocycles. The van der Waals surface area contributed by atoms with Crippen LogP contribution in [0.3, 0.4) is 0 Å². The van der Waals surface area contributed by atoms with Crippen LogP contribution < -0.4 is 0 Å². The molecule has 1 atom stereocenters. The van der Waals surface area contributed by atoms with Crippen LogP contribution in [-0.4, -0.2) is 37.2 Å². The molecule has 1 aliphatic heterocycles. The zero-order valence-electron chi connectivity index (χ0n) is 12.7. The molecule has 1 amide bonds. The van der Waals surface area contributed by atoms with E-state index in [-0.39, 0.29) is 6.61 Å². The monoisotopic (exact) mass is 329 g/mol. The van der Waals surface area contributed by atoms with Crippen molar-refractivity contribution in [1.82, 2.24) is 4.90 Å². The summed E-state index contributed by atoms with van der Waals surface area (Å²) < 4.78 is 39.9. The van der Waals surface area contributed by atoms with Gasteiger partial charge in [0.25, 0.3) is 0 Å². The Kier molecular flexibility index (Phi) is 4.75. The van der Waals surface area contributed by atoms with Crippen molar-refractivity contribution in [3.05, 3.63) is 35.9 Å². The van der Waals surface area contributed by atoms with Gasteiger partial charge in [0.05, 0.1) is 5.75 Å². The van der Waals surface area contributed by atoms with Gasteiger partial charge in [-0.3, -0.25) is 0 Å². The van der Waals surface area contributed by atoms with Crippen LogP contribution in [0.15, 0.2) is 30.3 Å². The van der Waals surface area contributed by atoms with E-state index < -0.39 is 33.5 Å². The number of benzene rings is 1. The highest BCUT2D eigenvalue weighted by Crippen LogP contribution is 2.36. The smallest absolute Gasteiger partial charge is 0.410 e. The standard InChI is InChI=1S/C15H20FNO4S/c1-15(2)13(11-22(16,19)20)8-9-17(15)14(18)21-10-12-6-4-3-5-7-12/h3-7,13H,8-11H2,1-2H3. The molecule has 0 bridgehead atoms. The van der Waals surface area contributed by atoms with E-state index >= 15 is 0 Å². The molecule has 1 saturated heterocycles. The molecule has 7 heteroatoms. The van der Waals surface area contributed by atoms with E-state index in [9.17, 15) is 17.1 Å². The summed E-state index contributed by atoms with van der Waals surface area (Å²) in [5, 5.41) is 0. The van der Waals surface area contributed by atoms with E-state index in [1.165, 1.54) is 4.90 Å². The Balaban J connectivity index is 1.98. The summed E-state index contributed by atoms with van der Waals surface area (Å²) in [4.78, 5) is 13.7. The summed E-state index contributed by atoms with van der Waals surface area (Å²) in [6.07, 6.45) is -0.0658. The Labute approximate surface area is 130 Å². The van der Waals surface area contributed by atoms with Crippen molar-refractivity contribution in [1.29, 1.82) is 0 Å². The molecule has 2 rings (SSSR count). The van der Waals surface area contributed by atoms with Gasteiger partial charge in [0.15, 0.2) is 0 Å². The lowest BCUT2D eigenvalue weighted by molar-refractivity contribution is 0.0679. The highest BCUT2D eigenvalue weighted by atomic mass is 32.3. The highest BCUT2D eigenvalue weighted by Gasteiger charge is 2.46. The summed E-state index contributed by atoms with van der Waals surface area (Å²) in [6, 6.07) is 9.27. The van der Waals surface area contributed by atoms with Gasteiger partial charge in [-0.2, -0.15) is 8.42 Å². The molecule has 1 aromatic rings. The number of amides is 1. The van der Waals surface area contributed by atoms with Crippen molar-refractivity contribution >= 4 is 16.3 Å². The fraction of sp³-hybridized carbons (Fsp3) is 0.533. The number of ether oxygens (including phenoxy) is 1. The van der Waals surface area contributed by atoms with Crippen molar-refractivity contribution < 1.29 is 21.8 Å². The molecule has 122 valence electrons. The first-order valence-electron chi connectivity index (χ1n) is 7.11. The van der Waals surface area contributed by atoms with E-state index in [2.05, 4.69) is 0 Å². The summed E-state index contributed by atoms with van der Waals surface area (Å²) in [6.45, 7) is 3.98. The van der Waals surface area contributed by atoms with E-state index in [1.807, 2.05) is 30.3 Å². The molecule has 0 saturated carbocycles. The second-order valence-corrected chi connectivity index (χ2v) is 7.45. The zero-order valence-corrected chi connectivity index (χ0v) is 13.5. The molecule has 0 radical (unpaired) electrons. The van der Waals surface area contributed by atoms with Gasteiger partial charge in [-0.25, -0.2) is 4.79 Å². The van der Waals surface area contributed by atoms with Gasteiger partial charge in [-0.15, -0.1) is 3.89 Å². The average molecular weight is 329 g/mol. The average Bonchev–Trinajstić information content (AvgIpc) is 2.71. The number of halogens is 1. The minimum Gasteiger partial charge on any atom is -0.445 e. The van der Waals surface area contributed by atoms with Crippen LogP contribution in [0.4, 0.5) is 8.68 Å². The number of rotatable bonds is 4. The van der Waals surface area contributed by atoms with Crippen molar-refractivity contribution in [2.75, 3.05) is 12.3 Å². The largest absolute Gasteiger partial charge is 0.445 e. The number of likely N-dealkylation sites (tertiary alicyclic amines) is 1. The molecule has 0 N–H and O–H groups in total. The van der Waals surface area contributed by atoms with Crippen molar-refractivity contribution in [2.24, 2.45) is 5.92 Å². The van der Waals surface area contributed by atoms with Crippen LogP contribution in [0.2, 0.25) is 0 Å². The molecule has 1 aromatic carbocycles. The second-order valence-electron chi connectivity index (χ2n) is 6.04. The maximum atomic E-state index is 12.9. The van der Waals surface area contributed by atoms with Gasteiger partial charge in [0.1, 0.15) is 6.61 Å². The van der Waals surface area contributed by atoms with Gasteiger partial charge >= 0.3 is 16.3 Å². The van der Waals surface area contributed by atoms with E-state index in [0.29, 0.717) is 13.0 Å². The number of hydrogen-bond donors (Lipinski definition) is 0. The Hall–Kier alpha value is -1.63. The van der Waals surface area contributed by atoms with E-state index in [4.69, 9.17) is 4.74 Å². The molecule has 5 nitrogen and oxygen atoms in total. The predicted octanol–water partition coefficient (Wildman–Crippen LogP) is 2.72. The second kappa shape index (κ2) is 6.24. The molecule has 1 fully saturated rings. The fourth-order valence-electron chi connectivity index (χ4n) is 2.80. The van der Waals surface area contributed by atoms with Gasteiger partial charge < -0.3 is 9.64 Å². The van der Waals surface area contributed by atoms with Crippen LogP contribution in [0.1, 0.15) is 25.8 Å². The summed E-state index contributed by atoms with van der Waals surface area (Å²) >= 11 is 0. The number of hydrogen-bond acceptors (Lipinski definition) is 4. The van der Waals surface area contributed by atoms with Crippen LogP contribution in [-0.2, 0) is 21.6 Å². The fourth-order valence-corrected chi connectivity index (χ4v) is 3.85. The van der Waals surface area contributed by atoms with Crippen molar-refractivity contribution in [3.8, 4) is 0 Å². The summed E-state index contributed by atoms with van der Waals surface area (Å²) in [5.74, 6) is -1.01. The number of carbonyl (C=O) groups excluding carboxylic acids is 1. The molecule has 1 aliphatic rings. The third-order valence-electron chi connectivity index (χ3n) is 4.22. The summed E-state index contributed by atoms with van der Waals surface area (Å²) in [7, 11) is -4.56. The van der Waals surface area contributed by atoms with Gasteiger partial charge in [0.2, 0.25) is 0 Å². The Morgan fingerprint density at radius 1 is 1.36 bits per heavy atom. The maximum absolute atomic E-state index is 12.9. The molecular weight excluding hydrogens is 309 g/mol. The molecule has 0 spiro atoms. The van der Waals surface area contributed by atoms with Crippen molar-refractivity contribution in [2.45, 2.75) is 32.4 Å². The number of nitrogens with zero attached hydrogens (tertiary/aromatic N) is 1. The third kappa shape index (κ3) is 3.97. The van der Waals surface area contributed by atoms with Crippen LogP contribution in [0, 0.1) is 5.92 Å². The van der Waals surface area contributed by atoms with E-state index in [0.717, 1.165) is 5.56 Å².